The smallest absolute Gasteiger partial charge is 0.419 e. The molecule has 22 heavy (non-hydrogen) atoms. The molecule has 0 spiro atoms. The molecule has 8 heteroatoms. The van der Waals surface area contributed by atoms with Crippen LogP contribution in [0.4, 0.5) is 30.7 Å². The number of halogens is 7. The van der Waals surface area contributed by atoms with Gasteiger partial charge >= 0.3 is 12.4 Å². The van der Waals surface area contributed by atoms with Crippen LogP contribution in [-0.4, -0.2) is 5.11 Å². The highest BCUT2D eigenvalue weighted by atomic mass is 19.4. The van der Waals surface area contributed by atoms with Gasteiger partial charge in [0.25, 0.3) is 0 Å². The van der Waals surface area contributed by atoms with Crippen molar-refractivity contribution in [2.45, 2.75) is 12.4 Å². The molecule has 1 N–H and O–H groups in total. The van der Waals surface area contributed by atoms with Gasteiger partial charge in [-0.25, -0.2) is 4.39 Å². The molecule has 0 aliphatic rings. The largest absolute Gasteiger partial charge is 0.508 e. The van der Waals surface area contributed by atoms with E-state index in [1.54, 1.807) is 0 Å². The predicted octanol–water partition coefficient (Wildman–Crippen LogP) is 5.24. The molecule has 0 heterocycles. The van der Waals surface area contributed by atoms with Crippen molar-refractivity contribution < 1.29 is 35.8 Å². The van der Waals surface area contributed by atoms with Gasteiger partial charge in [0, 0.05) is 5.56 Å². The molecule has 0 atom stereocenters. The number of phenols is 1. The van der Waals surface area contributed by atoms with Crippen LogP contribution in [0, 0.1) is 5.82 Å². The molecule has 0 radical (unpaired) electrons. The van der Waals surface area contributed by atoms with Gasteiger partial charge in [-0.2, -0.15) is 26.3 Å². The molecular formula is C14H7F7O. The summed E-state index contributed by atoms with van der Waals surface area (Å²) in [6, 6.07) is 3.88. The Morgan fingerprint density at radius 1 is 0.818 bits per heavy atom. The fraction of sp³-hybridized carbons (Fsp3) is 0.143. The summed E-state index contributed by atoms with van der Waals surface area (Å²) in [5, 5.41) is 9.29. The van der Waals surface area contributed by atoms with Gasteiger partial charge < -0.3 is 5.11 Å². The second kappa shape index (κ2) is 5.19. The van der Waals surface area contributed by atoms with E-state index >= 15 is 0 Å². The highest BCUT2D eigenvalue weighted by molar-refractivity contribution is 5.68. The Balaban J connectivity index is 2.66. The number of hydrogen-bond donors (Lipinski definition) is 1. The molecule has 0 saturated heterocycles. The fourth-order valence-electron chi connectivity index (χ4n) is 1.90. The number of hydrogen-bond acceptors (Lipinski definition) is 1. The van der Waals surface area contributed by atoms with E-state index < -0.39 is 46.2 Å². The number of phenolic OH excluding ortho intramolecular Hbond substituents is 1. The minimum absolute atomic E-state index is 0.398. The van der Waals surface area contributed by atoms with Gasteiger partial charge in [0.1, 0.15) is 11.6 Å². The lowest BCUT2D eigenvalue weighted by molar-refractivity contribution is -0.140. The number of rotatable bonds is 1. The maximum absolute atomic E-state index is 13.9. The van der Waals surface area contributed by atoms with Crippen LogP contribution in [0.5, 0.6) is 5.75 Å². The lowest BCUT2D eigenvalue weighted by Crippen LogP contribution is -2.09. The highest BCUT2D eigenvalue weighted by Gasteiger charge is 2.36. The molecular weight excluding hydrogens is 317 g/mol. The van der Waals surface area contributed by atoms with Crippen LogP contribution >= 0.6 is 0 Å². The van der Waals surface area contributed by atoms with Crippen LogP contribution in [-0.2, 0) is 12.4 Å². The maximum atomic E-state index is 13.9. The summed E-state index contributed by atoms with van der Waals surface area (Å²) in [4.78, 5) is 0. The van der Waals surface area contributed by atoms with Crippen molar-refractivity contribution >= 4 is 0 Å². The van der Waals surface area contributed by atoms with E-state index in [0.29, 0.717) is 18.2 Å². The molecule has 0 aliphatic carbocycles. The predicted molar refractivity (Wildman–Crippen MR) is 63.5 cm³/mol. The van der Waals surface area contributed by atoms with E-state index in [9.17, 15) is 35.8 Å². The molecule has 2 aromatic carbocycles. The number of aromatic hydroxyl groups is 1. The maximum Gasteiger partial charge on any atom is 0.419 e. The average molecular weight is 324 g/mol. The zero-order chi connectivity index (χ0) is 16.7. The first-order valence-electron chi connectivity index (χ1n) is 5.77. The second-order valence-electron chi connectivity index (χ2n) is 4.43. The van der Waals surface area contributed by atoms with E-state index in [0.717, 1.165) is 18.2 Å². The van der Waals surface area contributed by atoms with Crippen LogP contribution in [0.1, 0.15) is 11.1 Å². The van der Waals surface area contributed by atoms with Crippen LogP contribution in [0.25, 0.3) is 11.1 Å². The molecule has 0 unspecified atom stereocenters. The minimum atomic E-state index is -4.98. The first-order chi connectivity index (χ1) is 10.00. The Hall–Kier alpha value is -2.25. The molecule has 0 saturated carbocycles. The Bertz CT molecular complexity index is 701. The molecule has 0 aliphatic heterocycles. The van der Waals surface area contributed by atoms with Gasteiger partial charge in [0.15, 0.2) is 0 Å². The minimum Gasteiger partial charge on any atom is -0.508 e. The first-order valence-corrected chi connectivity index (χ1v) is 5.77. The highest BCUT2D eigenvalue weighted by Crippen LogP contribution is 2.39. The van der Waals surface area contributed by atoms with Crippen molar-refractivity contribution in [1.29, 1.82) is 0 Å². The van der Waals surface area contributed by atoms with E-state index in [4.69, 9.17) is 0 Å². The van der Waals surface area contributed by atoms with E-state index in [-0.39, 0.29) is 0 Å². The first kappa shape index (κ1) is 16.1. The summed E-state index contributed by atoms with van der Waals surface area (Å²) in [5.74, 6) is -2.53. The zero-order valence-electron chi connectivity index (χ0n) is 10.6. The van der Waals surface area contributed by atoms with Gasteiger partial charge in [-0.1, -0.05) is 12.1 Å². The Labute approximate surface area is 119 Å². The van der Waals surface area contributed by atoms with Crippen LogP contribution in [0.2, 0.25) is 0 Å². The molecule has 1 nitrogen and oxygen atoms in total. The van der Waals surface area contributed by atoms with Crippen molar-refractivity contribution in [3.05, 3.63) is 53.3 Å². The third-order valence-corrected chi connectivity index (χ3v) is 2.86. The van der Waals surface area contributed by atoms with Crippen molar-refractivity contribution in [3.8, 4) is 16.9 Å². The van der Waals surface area contributed by atoms with Crippen molar-refractivity contribution in [2.24, 2.45) is 0 Å². The van der Waals surface area contributed by atoms with E-state index in [1.165, 1.54) is 0 Å². The molecule has 2 aromatic rings. The summed E-state index contributed by atoms with van der Waals surface area (Å²) in [6.07, 6.45) is -9.81. The van der Waals surface area contributed by atoms with Crippen LogP contribution in [0.15, 0.2) is 36.4 Å². The summed E-state index contributed by atoms with van der Waals surface area (Å²) in [5.41, 5.74) is -4.08. The van der Waals surface area contributed by atoms with Crippen molar-refractivity contribution in [2.75, 3.05) is 0 Å². The summed E-state index contributed by atoms with van der Waals surface area (Å²) >= 11 is 0. The monoisotopic (exact) mass is 324 g/mol. The Morgan fingerprint density at radius 2 is 1.45 bits per heavy atom. The van der Waals surface area contributed by atoms with Gasteiger partial charge in [0.2, 0.25) is 0 Å². The standard InChI is InChI=1S/C14H7F7O/c15-12-10(2-1-3-11(12)14(19,20)21)7-4-8(13(16,17)18)6-9(22)5-7/h1-6,22H. The summed E-state index contributed by atoms with van der Waals surface area (Å²) in [7, 11) is 0. The SMILES string of the molecule is Oc1cc(-c2cccc(C(F)(F)F)c2F)cc(C(F)(F)F)c1. The van der Waals surface area contributed by atoms with Crippen LogP contribution < -0.4 is 0 Å². The molecule has 0 bridgehead atoms. The quantitative estimate of drug-likeness (QED) is 0.712. The van der Waals surface area contributed by atoms with Gasteiger partial charge in [-0.3, -0.25) is 0 Å². The second-order valence-corrected chi connectivity index (χ2v) is 4.43. The lowest BCUT2D eigenvalue weighted by Gasteiger charge is -2.13. The molecule has 0 aromatic heterocycles. The number of alkyl halides is 6. The summed E-state index contributed by atoms with van der Waals surface area (Å²) in [6.45, 7) is 0. The topological polar surface area (TPSA) is 20.2 Å². The molecule has 0 fully saturated rings. The van der Waals surface area contributed by atoms with Crippen molar-refractivity contribution in [3.63, 3.8) is 0 Å². The fourth-order valence-corrected chi connectivity index (χ4v) is 1.90. The van der Waals surface area contributed by atoms with Crippen molar-refractivity contribution in [1.82, 2.24) is 0 Å². The van der Waals surface area contributed by atoms with E-state index in [2.05, 4.69) is 0 Å². The molecule has 0 amide bonds. The third kappa shape index (κ3) is 3.15. The van der Waals surface area contributed by atoms with Gasteiger partial charge in [-0.15, -0.1) is 0 Å². The van der Waals surface area contributed by atoms with Crippen LogP contribution in [0.3, 0.4) is 0 Å². The van der Waals surface area contributed by atoms with Gasteiger partial charge in [0.05, 0.1) is 11.1 Å². The summed E-state index contributed by atoms with van der Waals surface area (Å²) < 4.78 is 89.7. The Kier molecular flexibility index (Phi) is 3.80. The average Bonchev–Trinajstić information content (AvgIpc) is 2.35. The van der Waals surface area contributed by atoms with E-state index in [1.807, 2.05) is 0 Å². The zero-order valence-corrected chi connectivity index (χ0v) is 10.6. The third-order valence-electron chi connectivity index (χ3n) is 2.86. The normalized spacial score (nSPS) is 12.5. The molecule has 118 valence electrons. The molecule has 2 rings (SSSR count). The number of benzene rings is 2. The Morgan fingerprint density at radius 3 is 2.00 bits per heavy atom. The lowest BCUT2D eigenvalue weighted by atomic mass is 9.99. The van der Waals surface area contributed by atoms with Gasteiger partial charge in [-0.05, 0) is 29.8 Å².